The molecule has 7 heteroatoms. The summed E-state index contributed by atoms with van der Waals surface area (Å²) in [6.45, 7) is 4.73. The standard InChI is InChI=1S/C31H32N2O5/c1-4-5-6-7-16-36-26-15-12-22(17-28(26)35-3)29-24-14-13-23(18-27(24)38-30(33)25(29)19-32)37-31(34)21-10-8-20(2)9-11-21/h8-15,17-18,29H,4-7,16,33H2,1-3H3. The van der Waals surface area contributed by atoms with E-state index >= 15 is 0 Å². The molecule has 0 bridgehead atoms. The Hall–Kier alpha value is -4.44. The lowest BCUT2D eigenvalue weighted by atomic mass is 9.83. The average Bonchev–Trinajstić information content (AvgIpc) is 2.92. The molecule has 3 aromatic rings. The lowest BCUT2D eigenvalue weighted by molar-refractivity contribution is 0.0734. The number of benzene rings is 3. The smallest absolute Gasteiger partial charge is 0.343 e. The van der Waals surface area contributed by atoms with Crippen LogP contribution in [0.5, 0.6) is 23.0 Å². The second-order valence-corrected chi connectivity index (χ2v) is 9.20. The van der Waals surface area contributed by atoms with Crippen LogP contribution < -0.4 is 24.7 Å². The highest BCUT2D eigenvalue weighted by atomic mass is 16.5. The van der Waals surface area contributed by atoms with Crippen molar-refractivity contribution in [2.75, 3.05) is 13.7 Å². The zero-order chi connectivity index (χ0) is 27.1. The van der Waals surface area contributed by atoms with Gasteiger partial charge in [-0.3, -0.25) is 0 Å². The summed E-state index contributed by atoms with van der Waals surface area (Å²) in [6, 6.07) is 20.0. The highest BCUT2D eigenvalue weighted by Gasteiger charge is 2.32. The highest BCUT2D eigenvalue weighted by molar-refractivity contribution is 5.91. The third-order valence-electron chi connectivity index (χ3n) is 6.46. The van der Waals surface area contributed by atoms with Crippen molar-refractivity contribution in [3.8, 4) is 29.1 Å². The van der Waals surface area contributed by atoms with Gasteiger partial charge in [-0.05, 0) is 49.2 Å². The number of carbonyl (C=O) groups is 1. The average molecular weight is 513 g/mol. The first kappa shape index (κ1) is 26.6. The number of ether oxygens (including phenoxy) is 4. The zero-order valence-corrected chi connectivity index (χ0v) is 22.0. The van der Waals surface area contributed by atoms with Crippen LogP contribution in [-0.2, 0) is 0 Å². The molecule has 0 radical (unpaired) electrons. The van der Waals surface area contributed by atoms with Crippen molar-refractivity contribution >= 4 is 5.97 Å². The summed E-state index contributed by atoms with van der Waals surface area (Å²) in [5.41, 5.74) is 9.47. The van der Waals surface area contributed by atoms with Crippen molar-refractivity contribution in [3.63, 3.8) is 0 Å². The normalized spacial score (nSPS) is 14.2. The van der Waals surface area contributed by atoms with E-state index in [4.69, 9.17) is 24.7 Å². The van der Waals surface area contributed by atoms with E-state index in [1.165, 1.54) is 12.8 Å². The third-order valence-corrected chi connectivity index (χ3v) is 6.46. The fourth-order valence-electron chi connectivity index (χ4n) is 4.39. The van der Waals surface area contributed by atoms with Crippen molar-refractivity contribution in [1.82, 2.24) is 0 Å². The van der Waals surface area contributed by atoms with Crippen LogP contribution in [0, 0.1) is 18.3 Å². The van der Waals surface area contributed by atoms with Gasteiger partial charge < -0.3 is 24.7 Å². The first-order valence-electron chi connectivity index (χ1n) is 12.8. The lowest BCUT2D eigenvalue weighted by Gasteiger charge is -2.27. The summed E-state index contributed by atoms with van der Waals surface area (Å²) in [7, 11) is 1.59. The first-order valence-corrected chi connectivity index (χ1v) is 12.8. The van der Waals surface area contributed by atoms with Crippen molar-refractivity contribution in [2.45, 2.75) is 45.4 Å². The quantitative estimate of drug-likeness (QED) is 0.190. The molecule has 1 aliphatic rings. The van der Waals surface area contributed by atoms with E-state index in [2.05, 4.69) is 13.0 Å². The molecule has 0 saturated heterocycles. The molecule has 0 spiro atoms. The number of esters is 1. The Balaban J connectivity index is 1.60. The van der Waals surface area contributed by atoms with Crippen LogP contribution in [-0.4, -0.2) is 19.7 Å². The van der Waals surface area contributed by atoms with Gasteiger partial charge in [0.2, 0.25) is 5.88 Å². The maximum Gasteiger partial charge on any atom is 0.343 e. The van der Waals surface area contributed by atoms with Crippen molar-refractivity contribution in [2.24, 2.45) is 5.73 Å². The van der Waals surface area contributed by atoms with E-state index in [9.17, 15) is 10.1 Å². The van der Waals surface area contributed by atoms with Gasteiger partial charge in [0.1, 0.15) is 23.1 Å². The molecule has 1 unspecified atom stereocenters. The van der Waals surface area contributed by atoms with E-state index in [-0.39, 0.29) is 11.5 Å². The number of hydrogen-bond acceptors (Lipinski definition) is 7. The minimum absolute atomic E-state index is 0.00206. The number of nitrogens with two attached hydrogens (primary N) is 1. The Morgan fingerprint density at radius 2 is 1.82 bits per heavy atom. The molecule has 1 heterocycles. The SMILES string of the molecule is CCCCCCOc1ccc(C2C(C#N)=C(N)Oc3cc(OC(=O)c4ccc(C)cc4)ccc32)cc1OC. The topological polar surface area (TPSA) is 104 Å². The van der Waals surface area contributed by atoms with Gasteiger partial charge in [-0.2, -0.15) is 5.26 Å². The second-order valence-electron chi connectivity index (χ2n) is 9.20. The molecule has 0 aromatic heterocycles. The maximum atomic E-state index is 12.6. The van der Waals surface area contributed by atoms with E-state index in [1.54, 1.807) is 37.4 Å². The van der Waals surface area contributed by atoms with E-state index in [0.29, 0.717) is 35.2 Å². The summed E-state index contributed by atoms with van der Waals surface area (Å²) in [4.78, 5) is 12.6. The van der Waals surface area contributed by atoms with Gasteiger partial charge in [0, 0.05) is 11.6 Å². The molecule has 1 aliphatic heterocycles. The van der Waals surface area contributed by atoms with Crippen molar-refractivity contribution in [1.29, 1.82) is 5.26 Å². The predicted octanol–water partition coefficient (Wildman–Crippen LogP) is 6.40. The molecule has 0 amide bonds. The molecular weight excluding hydrogens is 480 g/mol. The summed E-state index contributed by atoms with van der Waals surface area (Å²) in [5, 5.41) is 9.91. The monoisotopic (exact) mass is 512 g/mol. The molecule has 7 nitrogen and oxygen atoms in total. The van der Waals surface area contributed by atoms with Crippen LogP contribution in [0.1, 0.15) is 65.6 Å². The molecular formula is C31H32N2O5. The van der Waals surface area contributed by atoms with Gasteiger partial charge in [-0.25, -0.2) is 4.79 Å². The molecule has 38 heavy (non-hydrogen) atoms. The van der Waals surface area contributed by atoms with Crippen LogP contribution in [0.25, 0.3) is 0 Å². The number of methoxy groups -OCH3 is 1. The molecule has 0 fully saturated rings. The van der Waals surface area contributed by atoms with Crippen LogP contribution >= 0.6 is 0 Å². The van der Waals surface area contributed by atoms with Crippen LogP contribution in [0.15, 0.2) is 72.1 Å². The van der Waals surface area contributed by atoms with Crippen LogP contribution in [0.3, 0.4) is 0 Å². The Morgan fingerprint density at radius 3 is 2.53 bits per heavy atom. The summed E-state index contributed by atoms with van der Waals surface area (Å²) in [5.74, 6) is 0.981. The maximum absolute atomic E-state index is 12.6. The lowest BCUT2D eigenvalue weighted by Crippen LogP contribution is -2.21. The van der Waals surface area contributed by atoms with E-state index in [1.807, 2.05) is 37.3 Å². The van der Waals surface area contributed by atoms with E-state index in [0.717, 1.165) is 29.5 Å². The molecule has 4 rings (SSSR count). The summed E-state index contributed by atoms with van der Waals surface area (Å²) < 4.78 is 22.9. The van der Waals surface area contributed by atoms with Gasteiger partial charge in [-0.15, -0.1) is 0 Å². The predicted molar refractivity (Wildman–Crippen MR) is 145 cm³/mol. The Labute approximate surface area is 223 Å². The summed E-state index contributed by atoms with van der Waals surface area (Å²) >= 11 is 0. The largest absolute Gasteiger partial charge is 0.493 e. The number of unbranched alkanes of at least 4 members (excludes halogenated alkanes) is 3. The first-order chi connectivity index (χ1) is 18.4. The second kappa shape index (κ2) is 12.2. The van der Waals surface area contributed by atoms with Crippen LogP contribution in [0.2, 0.25) is 0 Å². The number of hydrogen-bond donors (Lipinski definition) is 1. The molecule has 3 aromatic carbocycles. The number of allylic oxidation sites excluding steroid dienone is 1. The number of nitrogens with zero attached hydrogens (tertiary/aromatic N) is 1. The number of fused-ring (bicyclic) bond motifs is 1. The number of nitriles is 1. The minimum atomic E-state index is -0.488. The molecule has 2 N–H and O–H groups in total. The minimum Gasteiger partial charge on any atom is -0.493 e. The van der Waals surface area contributed by atoms with Crippen molar-refractivity contribution in [3.05, 3.63) is 94.4 Å². The third kappa shape index (κ3) is 5.92. The molecule has 0 saturated carbocycles. The number of aryl methyl sites for hydroxylation is 1. The fourth-order valence-corrected chi connectivity index (χ4v) is 4.39. The van der Waals surface area contributed by atoms with Gasteiger partial charge in [0.15, 0.2) is 11.5 Å². The molecule has 1 atom stereocenters. The number of rotatable bonds is 10. The van der Waals surface area contributed by atoms with Crippen LogP contribution in [0.4, 0.5) is 0 Å². The van der Waals surface area contributed by atoms with Gasteiger partial charge >= 0.3 is 5.97 Å². The number of carbonyl (C=O) groups excluding carboxylic acids is 1. The Kier molecular flexibility index (Phi) is 8.55. The summed E-state index contributed by atoms with van der Waals surface area (Å²) in [6.07, 6.45) is 4.44. The molecule has 196 valence electrons. The highest BCUT2D eigenvalue weighted by Crippen LogP contribution is 2.45. The zero-order valence-electron chi connectivity index (χ0n) is 22.0. The fraction of sp³-hybridized carbons (Fsp3) is 0.290. The van der Waals surface area contributed by atoms with E-state index < -0.39 is 11.9 Å². The van der Waals surface area contributed by atoms with Crippen molar-refractivity contribution < 1.29 is 23.7 Å². The van der Waals surface area contributed by atoms with Gasteiger partial charge in [0.25, 0.3) is 0 Å². The Bertz CT molecular complexity index is 1370. The van der Waals surface area contributed by atoms with Gasteiger partial charge in [0.05, 0.1) is 25.2 Å². The Morgan fingerprint density at radius 1 is 1.03 bits per heavy atom. The molecule has 0 aliphatic carbocycles. The van der Waals surface area contributed by atoms with Gasteiger partial charge in [-0.1, -0.05) is 56.0 Å².